The van der Waals surface area contributed by atoms with Crippen LogP contribution in [0.5, 0.6) is 0 Å². The monoisotopic (exact) mass is 297 g/mol. The lowest BCUT2D eigenvalue weighted by Crippen LogP contribution is -2.24. The Balaban J connectivity index is 2.09. The first kappa shape index (κ1) is 10.9. The van der Waals surface area contributed by atoms with Crippen molar-refractivity contribution in [2.75, 3.05) is 6.61 Å². The van der Waals surface area contributed by atoms with E-state index in [-0.39, 0.29) is 5.82 Å². The molecule has 0 bridgehead atoms. The van der Waals surface area contributed by atoms with E-state index in [1.807, 2.05) is 0 Å². The minimum atomic E-state index is -0.483. The number of halogens is 2. The maximum atomic E-state index is 13.7. The van der Waals surface area contributed by atoms with E-state index in [9.17, 15) is 4.39 Å². The number of rotatable bonds is 1. The number of fused-ring (bicyclic) bond motifs is 1. The van der Waals surface area contributed by atoms with Crippen LogP contribution in [0.1, 0.15) is 17.5 Å². The molecular formula is C11H9BrFN3O. The van der Waals surface area contributed by atoms with Gasteiger partial charge in [0.05, 0.1) is 13.2 Å². The molecule has 0 amide bonds. The van der Waals surface area contributed by atoms with Crippen molar-refractivity contribution in [2.24, 2.45) is 0 Å². The zero-order chi connectivity index (χ0) is 11.8. The van der Waals surface area contributed by atoms with Gasteiger partial charge in [0.15, 0.2) is 5.82 Å². The molecule has 0 saturated carbocycles. The fraction of sp³-hybridized carbons (Fsp3) is 0.273. The van der Waals surface area contributed by atoms with Crippen molar-refractivity contribution in [2.45, 2.75) is 12.6 Å². The standard InChI is InChI=1S/C11H9BrFN3O/c12-11-14-10-9(17-6-5-16(10)15-11)7-3-1-2-4-8(7)13/h1-4,9H,5-6H2. The van der Waals surface area contributed by atoms with Crippen LogP contribution in [0, 0.1) is 5.82 Å². The van der Waals surface area contributed by atoms with Gasteiger partial charge in [-0.05, 0) is 22.0 Å². The third-order valence-corrected chi connectivity index (χ3v) is 3.02. The van der Waals surface area contributed by atoms with Crippen LogP contribution in [0.4, 0.5) is 4.39 Å². The topological polar surface area (TPSA) is 39.9 Å². The molecule has 2 aromatic rings. The lowest BCUT2D eigenvalue weighted by Gasteiger charge is -2.23. The van der Waals surface area contributed by atoms with Crippen LogP contribution in [0.2, 0.25) is 0 Å². The predicted molar refractivity (Wildman–Crippen MR) is 61.9 cm³/mol. The molecule has 1 aromatic heterocycles. The summed E-state index contributed by atoms with van der Waals surface area (Å²) in [5, 5.41) is 4.18. The van der Waals surface area contributed by atoms with E-state index in [1.165, 1.54) is 6.07 Å². The van der Waals surface area contributed by atoms with E-state index in [4.69, 9.17) is 4.74 Å². The van der Waals surface area contributed by atoms with E-state index in [1.54, 1.807) is 22.9 Å². The predicted octanol–water partition coefficient (Wildman–Crippen LogP) is 2.30. The van der Waals surface area contributed by atoms with Crippen LogP contribution in [-0.4, -0.2) is 21.4 Å². The average molecular weight is 298 g/mol. The summed E-state index contributed by atoms with van der Waals surface area (Å²) >= 11 is 3.22. The largest absolute Gasteiger partial charge is 0.363 e. The lowest BCUT2D eigenvalue weighted by molar-refractivity contribution is 0.0369. The van der Waals surface area contributed by atoms with E-state index >= 15 is 0 Å². The molecule has 2 heterocycles. The van der Waals surface area contributed by atoms with Gasteiger partial charge in [0, 0.05) is 5.56 Å². The Morgan fingerprint density at radius 2 is 2.24 bits per heavy atom. The van der Waals surface area contributed by atoms with E-state index in [2.05, 4.69) is 26.0 Å². The van der Waals surface area contributed by atoms with Crippen molar-refractivity contribution in [3.63, 3.8) is 0 Å². The number of benzene rings is 1. The highest BCUT2D eigenvalue weighted by molar-refractivity contribution is 9.10. The normalized spacial score (nSPS) is 19.1. The van der Waals surface area contributed by atoms with E-state index < -0.39 is 6.10 Å². The van der Waals surface area contributed by atoms with Crippen LogP contribution in [0.3, 0.4) is 0 Å². The van der Waals surface area contributed by atoms with Gasteiger partial charge in [-0.3, -0.25) is 0 Å². The summed E-state index contributed by atoms with van der Waals surface area (Å²) in [7, 11) is 0. The molecule has 17 heavy (non-hydrogen) atoms. The van der Waals surface area contributed by atoms with Gasteiger partial charge >= 0.3 is 0 Å². The maximum absolute atomic E-state index is 13.7. The second kappa shape index (κ2) is 4.19. The van der Waals surface area contributed by atoms with Crippen molar-refractivity contribution in [3.05, 3.63) is 46.2 Å². The molecule has 0 saturated heterocycles. The zero-order valence-electron chi connectivity index (χ0n) is 8.81. The van der Waals surface area contributed by atoms with Crippen LogP contribution in [0.15, 0.2) is 29.0 Å². The molecule has 6 heteroatoms. The second-order valence-electron chi connectivity index (χ2n) is 3.73. The summed E-state index contributed by atoms with van der Waals surface area (Å²) in [6.45, 7) is 1.14. The van der Waals surface area contributed by atoms with Gasteiger partial charge in [-0.25, -0.2) is 14.1 Å². The minimum absolute atomic E-state index is 0.287. The maximum Gasteiger partial charge on any atom is 0.217 e. The third kappa shape index (κ3) is 1.87. The van der Waals surface area contributed by atoms with Crippen LogP contribution in [-0.2, 0) is 11.3 Å². The average Bonchev–Trinajstić information content (AvgIpc) is 2.70. The Morgan fingerprint density at radius 3 is 3.06 bits per heavy atom. The highest BCUT2D eigenvalue weighted by atomic mass is 79.9. The first-order chi connectivity index (χ1) is 8.25. The quantitative estimate of drug-likeness (QED) is 0.811. The summed E-state index contributed by atoms with van der Waals surface area (Å²) < 4.78 is 21.6. The van der Waals surface area contributed by atoms with Crippen molar-refractivity contribution in [1.82, 2.24) is 14.8 Å². The molecule has 88 valence electrons. The summed E-state index contributed by atoms with van der Waals surface area (Å²) in [6, 6.07) is 6.57. The molecule has 4 nitrogen and oxygen atoms in total. The highest BCUT2D eigenvalue weighted by Gasteiger charge is 2.28. The van der Waals surface area contributed by atoms with Gasteiger partial charge in [-0.1, -0.05) is 18.2 Å². The Kier molecular flexibility index (Phi) is 2.68. The van der Waals surface area contributed by atoms with Crippen LogP contribution >= 0.6 is 15.9 Å². The van der Waals surface area contributed by atoms with Crippen molar-refractivity contribution < 1.29 is 9.13 Å². The molecule has 0 spiro atoms. The summed E-state index contributed by atoms with van der Waals surface area (Å²) in [6.07, 6.45) is -0.483. The molecule has 1 aliphatic heterocycles. The van der Waals surface area contributed by atoms with Crippen molar-refractivity contribution >= 4 is 15.9 Å². The second-order valence-corrected chi connectivity index (χ2v) is 4.44. The summed E-state index contributed by atoms with van der Waals surface area (Å²) in [5.74, 6) is 0.346. The Hall–Kier alpha value is -1.27. The SMILES string of the molecule is Fc1ccccc1C1OCCn2nc(Br)nc21. The van der Waals surface area contributed by atoms with Crippen LogP contribution < -0.4 is 0 Å². The van der Waals surface area contributed by atoms with E-state index in [0.717, 1.165) is 0 Å². The summed E-state index contributed by atoms with van der Waals surface area (Å²) in [4.78, 5) is 4.23. The van der Waals surface area contributed by atoms with E-state index in [0.29, 0.717) is 29.3 Å². The minimum Gasteiger partial charge on any atom is -0.363 e. The molecule has 0 fully saturated rings. The van der Waals surface area contributed by atoms with Crippen molar-refractivity contribution in [3.8, 4) is 0 Å². The van der Waals surface area contributed by atoms with Crippen LogP contribution in [0.25, 0.3) is 0 Å². The lowest BCUT2D eigenvalue weighted by atomic mass is 10.1. The molecule has 0 N–H and O–H groups in total. The summed E-state index contributed by atoms with van der Waals surface area (Å²) in [5.41, 5.74) is 0.494. The molecule has 1 aliphatic rings. The zero-order valence-corrected chi connectivity index (χ0v) is 10.4. The molecule has 1 atom stereocenters. The first-order valence-corrected chi connectivity index (χ1v) is 6.01. The van der Waals surface area contributed by atoms with Gasteiger partial charge in [0.1, 0.15) is 11.9 Å². The fourth-order valence-electron chi connectivity index (χ4n) is 1.93. The highest BCUT2D eigenvalue weighted by Crippen LogP contribution is 2.30. The molecule has 0 aliphatic carbocycles. The van der Waals surface area contributed by atoms with Crippen molar-refractivity contribution in [1.29, 1.82) is 0 Å². The molecule has 0 radical (unpaired) electrons. The third-order valence-electron chi connectivity index (χ3n) is 2.68. The number of hydrogen-bond donors (Lipinski definition) is 0. The molecule has 1 unspecified atom stereocenters. The van der Waals surface area contributed by atoms with Gasteiger partial charge in [0.25, 0.3) is 0 Å². The first-order valence-electron chi connectivity index (χ1n) is 5.22. The molecule has 3 rings (SSSR count). The van der Waals surface area contributed by atoms with Gasteiger partial charge in [-0.2, -0.15) is 0 Å². The number of hydrogen-bond acceptors (Lipinski definition) is 3. The molecule has 1 aromatic carbocycles. The molecular weight excluding hydrogens is 289 g/mol. The van der Waals surface area contributed by atoms with Gasteiger partial charge in [0.2, 0.25) is 4.73 Å². The smallest absolute Gasteiger partial charge is 0.217 e. The number of nitrogens with zero attached hydrogens (tertiary/aromatic N) is 3. The fourth-order valence-corrected chi connectivity index (χ4v) is 2.31. The van der Waals surface area contributed by atoms with Gasteiger partial charge < -0.3 is 4.74 Å². The Labute approximate surface area is 106 Å². The Morgan fingerprint density at radius 1 is 1.41 bits per heavy atom. The Bertz CT molecular complexity index is 557. The number of ether oxygens (including phenoxy) is 1. The number of aromatic nitrogens is 3. The van der Waals surface area contributed by atoms with Gasteiger partial charge in [-0.15, -0.1) is 5.10 Å².